The Kier molecular flexibility index (Phi) is 5.17. The van der Waals surface area contributed by atoms with Crippen molar-refractivity contribution in [3.8, 4) is 0 Å². The molecule has 2 N–H and O–H groups in total. The Morgan fingerprint density at radius 1 is 0.840 bits per heavy atom. The van der Waals surface area contributed by atoms with Gasteiger partial charge in [-0.05, 0) is 35.2 Å². The van der Waals surface area contributed by atoms with Gasteiger partial charge in [0.15, 0.2) is 0 Å². The van der Waals surface area contributed by atoms with Gasteiger partial charge in [-0.15, -0.1) is 0 Å². The molecule has 0 aliphatic carbocycles. The minimum absolute atomic E-state index is 0.00413. The summed E-state index contributed by atoms with van der Waals surface area (Å²) >= 11 is 0. The van der Waals surface area contributed by atoms with Crippen molar-refractivity contribution in [3.05, 3.63) is 64.2 Å². The van der Waals surface area contributed by atoms with Crippen LogP contribution >= 0.6 is 0 Å². The van der Waals surface area contributed by atoms with Crippen molar-refractivity contribution in [1.29, 1.82) is 0 Å². The summed E-state index contributed by atoms with van der Waals surface area (Å²) in [5.41, 5.74) is 1.82. The van der Waals surface area contributed by atoms with Crippen molar-refractivity contribution >= 4 is 28.9 Å². The van der Waals surface area contributed by atoms with E-state index in [1.54, 1.807) is 12.1 Å². The van der Waals surface area contributed by atoms with Gasteiger partial charge in [0.1, 0.15) is 0 Å². The van der Waals surface area contributed by atoms with Crippen LogP contribution in [0, 0.1) is 10.1 Å². The fraction of sp³-hybridized carbons (Fsp3) is 0.222. The Hall–Kier alpha value is -3.22. The van der Waals surface area contributed by atoms with Crippen LogP contribution in [0.3, 0.4) is 0 Å². The van der Waals surface area contributed by atoms with E-state index in [0.29, 0.717) is 11.4 Å². The summed E-state index contributed by atoms with van der Waals surface area (Å²) in [6.45, 7) is 6.24. The van der Waals surface area contributed by atoms with Gasteiger partial charge in [-0.1, -0.05) is 32.9 Å². The van der Waals surface area contributed by atoms with Crippen LogP contribution in [0.2, 0.25) is 0 Å². The van der Waals surface area contributed by atoms with E-state index >= 15 is 0 Å². The van der Waals surface area contributed by atoms with E-state index in [9.17, 15) is 19.7 Å². The molecule has 0 atom stereocenters. The van der Waals surface area contributed by atoms with Gasteiger partial charge < -0.3 is 10.6 Å². The summed E-state index contributed by atoms with van der Waals surface area (Å²) < 4.78 is 0. The normalized spacial score (nSPS) is 10.8. The third-order valence-electron chi connectivity index (χ3n) is 3.55. The molecule has 130 valence electrons. The highest BCUT2D eigenvalue weighted by Gasteiger charge is 2.16. The van der Waals surface area contributed by atoms with Crippen molar-refractivity contribution in [1.82, 2.24) is 0 Å². The van der Waals surface area contributed by atoms with Crippen LogP contribution < -0.4 is 10.6 Å². The molecule has 2 rings (SSSR count). The molecule has 0 spiro atoms. The Morgan fingerprint density at radius 2 is 1.24 bits per heavy atom. The summed E-state index contributed by atoms with van der Waals surface area (Å²) in [5, 5.41) is 15.5. The number of nitro groups is 1. The third kappa shape index (κ3) is 4.87. The minimum atomic E-state index is -0.853. The number of hydrogen-bond acceptors (Lipinski definition) is 4. The highest BCUT2D eigenvalue weighted by molar-refractivity contribution is 6.43. The van der Waals surface area contributed by atoms with Crippen LogP contribution in [0.1, 0.15) is 26.3 Å². The summed E-state index contributed by atoms with van der Waals surface area (Å²) in [6, 6.07) is 12.5. The number of amides is 2. The lowest BCUT2D eigenvalue weighted by atomic mass is 9.87. The van der Waals surface area contributed by atoms with Crippen LogP contribution in [0.25, 0.3) is 0 Å². The van der Waals surface area contributed by atoms with Gasteiger partial charge >= 0.3 is 11.8 Å². The first-order valence-corrected chi connectivity index (χ1v) is 7.64. The van der Waals surface area contributed by atoms with Crippen molar-refractivity contribution in [2.45, 2.75) is 26.2 Å². The van der Waals surface area contributed by atoms with Gasteiger partial charge in [0.25, 0.3) is 5.69 Å². The van der Waals surface area contributed by atoms with E-state index in [1.807, 2.05) is 12.1 Å². The number of nitrogens with one attached hydrogen (secondary N) is 2. The van der Waals surface area contributed by atoms with E-state index in [2.05, 4.69) is 31.4 Å². The monoisotopic (exact) mass is 341 g/mol. The van der Waals surface area contributed by atoms with Crippen LogP contribution in [0.15, 0.2) is 48.5 Å². The summed E-state index contributed by atoms with van der Waals surface area (Å²) in [7, 11) is 0. The molecule has 0 heterocycles. The zero-order valence-corrected chi connectivity index (χ0v) is 14.2. The Morgan fingerprint density at radius 3 is 1.60 bits per heavy atom. The number of anilines is 2. The number of non-ortho nitro benzene ring substituents is 1. The second-order valence-electron chi connectivity index (χ2n) is 6.54. The van der Waals surface area contributed by atoms with Gasteiger partial charge in [-0.2, -0.15) is 0 Å². The second-order valence-corrected chi connectivity index (χ2v) is 6.54. The molecule has 0 saturated carbocycles. The van der Waals surface area contributed by atoms with Crippen LogP contribution in [0.4, 0.5) is 17.1 Å². The lowest BCUT2D eigenvalue weighted by Gasteiger charge is -2.19. The molecule has 2 amide bonds. The summed E-state index contributed by atoms with van der Waals surface area (Å²) in [6.07, 6.45) is 0. The fourth-order valence-electron chi connectivity index (χ4n) is 2.10. The van der Waals surface area contributed by atoms with Gasteiger partial charge in [0.2, 0.25) is 0 Å². The van der Waals surface area contributed by atoms with Gasteiger partial charge in [-0.25, -0.2) is 0 Å². The highest BCUT2D eigenvalue weighted by atomic mass is 16.6. The molecule has 2 aromatic carbocycles. The summed E-state index contributed by atoms with van der Waals surface area (Å²) in [5.74, 6) is -1.67. The molecule has 0 aliphatic rings. The SMILES string of the molecule is CC(C)(C)c1ccc(NC(=O)C(=O)Nc2ccc([N+](=O)[O-])cc2)cc1. The molecule has 0 saturated heterocycles. The van der Waals surface area contributed by atoms with E-state index in [1.165, 1.54) is 24.3 Å². The molecule has 25 heavy (non-hydrogen) atoms. The summed E-state index contributed by atoms with van der Waals surface area (Å²) in [4.78, 5) is 33.9. The number of nitrogens with zero attached hydrogens (tertiary/aromatic N) is 1. The van der Waals surface area contributed by atoms with Crippen molar-refractivity contribution < 1.29 is 14.5 Å². The molecule has 0 unspecified atom stereocenters. The van der Waals surface area contributed by atoms with Crippen molar-refractivity contribution in [2.24, 2.45) is 0 Å². The highest BCUT2D eigenvalue weighted by Crippen LogP contribution is 2.23. The van der Waals surface area contributed by atoms with Crippen LogP contribution in [0.5, 0.6) is 0 Å². The van der Waals surface area contributed by atoms with Crippen molar-refractivity contribution in [2.75, 3.05) is 10.6 Å². The van der Waals surface area contributed by atoms with Crippen molar-refractivity contribution in [3.63, 3.8) is 0 Å². The maximum atomic E-state index is 11.9. The fourth-order valence-corrected chi connectivity index (χ4v) is 2.10. The Balaban J connectivity index is 1.98. The van der Waals surface area contributed by atoms with E-state index < -0.39 is 16.7 Å². The number of benzene rings is 2. The molecule has 7 heteroatoms. The maximum Gasteiger partial charge on any atom is 0.314 e. The largest absolute Gasteiger partial charge is 0.318 e. The Labute approximate surface area is 145 Å². The van der Waals surface area contributed by atoms with Gasteiger partial charge in [-0.3, -0.25) is 19.7 Å². The van der Waals surface area contributed by atoms with Crippen LogP contribution in [-0.2, 0) is 15.0 Å². The molecular formula is C18H19N3O4. The van der Waals surface area contributed by atoms with E-state index in [0.717, 1.165) is 5.56 Å². The standard InChI is InChI=1S/C18H19N3O4/c1-18(2,3)12-4-6-13(7-5-12)19-16(22)17(23)20-14-8-10-15(11-9-14)21(24)25/h4-11H,1-3H3,(H,19,22)(H,20,23). The molecule has 7 nitrogen and oxygen atoms in total. The van der Waals surface area contributed by atoms with E-state index in [4.69, 9.17) is 0 Å². The number of carbonyl (C=O) groups is 2. The molecular weight excluding hydrogens is 322 g/mol. The van der Waals surface area contributed by atoms with Gasteiger partial charge in [0, 0.05) is 23.5 Å². The average molecular weight is 341 g/mol. The quantitative estimate of drug-likeness (QED) is 0.507. The van der Waals surface area contributed by atoms with E-state index in [-0.39, 0.29) is 11.1 Å². The maximum absolute atomic E-state index is 11.9. The molecule has 2 aromatic rings. The molecule has 0 aliphatic heterocycles. The van der Waals surface area contributed by atoms with Gasteiger partial charge in [0.05, 0.1) is 4.92 Å². The number of hydrogen-bond donors (Lipinski definition) is 2. The average Bonchev–Trinajstić information content (AvgIpc) is 2.55. The molecule has 0 radical (unpaired) electrons. The molecule has 0 fully saturated rings. The predicted octanol–water partition coefficient (Wildman–Crippen LogP) is 3.47. The number of carbonyl (C=O) groups excluding carboxylic acids is 2. The topological polar surface area (TPSA) is 101 Å². The molecule has 0 aromatic heterocycles. The first-order valence-electron chi connectivity index (χ1n) is 7.64. The third-order valence-corrected chi connectivity index (χ3v) is 3.55. The lowest BCUT2D eigenvalue weighted by Crippen LogP contribution is -2.29. The first-order chi connectivity index (χ1) is 11.7. The predicted molar refractivity (Wildman–Crippen MR) is 95.5 cm³/mol. The smallest absolute Gasteiger partial charge is 0.314 e. The Bertz CT molecular complexity index is 791. The zero-order chi connectivity index (χ0) is 18.6. The molecule has 0 bridgehead atoms. The lowest BCUT2D eigenvalue weighted by molar-refractivity contribution is -0.384. The minimum Gasteiger partial charge on any atom is -0.318 e. The number of nitro benzene ring substituents is 1. The van der Waals surface area contributed by atoms with Crippen LogP contribution in [-0.4, -0.2) is 16.7 Å². The second kappa shape index (κ2) is 7.12. The number of rotatable bonds is 3. The zero-order valence-electron chi connectivity index (χ0n) is 14.2. The first kappa shape index (κ1) is 18.1.